The first-order chi connectivity index (χ1) is 28.2. The van der Waals surface area contributed by atoms with Crippen LogP contribution in [0, 0.1) is 7.43 Å². The van der Waals surface area contributed by atoms with Crippen LogP contribution < -0.4 is 0 Å². The van der Waals surface area contributed by atoms with Crippen LogP contribution in [0.25, 0.3) is 10.6 Å². The van der Waals surface area contributed by atoms with E-state index in [0.717, 1.165) is 39.3 Å². The molecule has 0 atom stereocenters. The van der Waals surface area contributed by atoms with Gasteiger partial charge in [-0.05, 0) is 62.3 Å². The molecule has 0 amide bonds. The van der Waals surface area contributed by atoms with E-state index < -0.39 is 46.7 Å². The quantitative estimate of drug-likeness (QED) is 0.234. The van der Waals surface area contributed by atoms with Gasteiger partial charge in [-0.1, -0.05) is 6.92 Å². The summed E-state index contributed by atoms with van der Waals surface area (Å²) in [5.41, 5.74) is 0.417. The first kappa shape index (κ1) is 65.3. The Kier molecular flexibility index (Phi) is 35.5. The van der Waals surface area contributed by atoms with Crippen LogP contribution in [0.4, 0.5) is 0 Å². The molecular weight excluding hydrogens is 1020 g/mol. The van der Waals surface area contributed by atoms with Gasteiger partial charge in [0.05, 0.1) is 0 Å². The molecule has 5 heterocycles. The maximum Gasteiger partial charge on any atom is 0.0428 e. The van der Waals surface area contributed by atoms with Gasteiger partial charge in [0.2, 0.25) is 0 Å². The Morgan fingerprint density at radius 1 is 0.484 bits per heavy atom. The number of nitrogens with zero attached hydrogens (tertiary/aromatic N) is 16. The molecule has 0 radical (unpaired) electrons. The van der Waals surface area contributed by atoms with Gasteiger partial charge >= 0.3 is 242 Å². The molecule has 2 saturated heterocycles. The third-order valence-electron chi connectivity index (χ3n) is 10.2. The second kappa shape index (κ2) is 33.7. The van der Waals surface area contributed by atoms with E-state index in [1.54, 1.807) is 14.1 Å². The van der Waals surface area contributed by atoms with Gasteiger partial charge in [0.1, 0.15) is 0 Å². The van der Waals surface area contributed by atoms with Crippen molar-refractivity contribution in [3.8, 4) is 0 Å². The van der Waals surface area contributed by atoms with Crippen molar-refractivity contribution in [2.24, 2.45) is 9.99 Å². The SMILES string of the molecule is CN1C=CN(C)B1[N]=[Ti]([Cl])[Cl].CN1C=CN(C)B1[N]=[Ti]([Cl])[Cl].CN1C=CN(C)B1[N]=[Ti]([Cl])[Cl].CN1CCN(C)CC(C)(N(C)C)C1.C[N-]C.C[N-]C1(C)CN(C)CCN(C)C1.[CH3-]. The summed E-state index contributed by atoms with van der Waals surface area (Å²) in [6.45, 7) is 13.7. The molecule has 5 aliphatic rings. The molecule has 0 aromatic rings. The molecule has 2 fully saturated rings. The topological polar surface area (TPSA) is 101 Å². The molecule has 28 heteroatoms. The second-order valence-corrected chi connectivity index (χ2v) is 31.3. The van der Waals surface area contributed by atoms with Gasteiger partial charge in [-0.25, -0.2) is 0 Å². The largest absolute Gasteiger partial charge is 0.668 e. The number of likely N-dealkylation sites (N-methyl/N-ethyl adjacent to an activating group) is 6. The van der Waals surface area contributed by atoms with Crippen molar-refractivity contribution in [1.82, 2.24) is 53.4 Å². The van der Waals surface area contributed by atoms with Crippen molar-refractivity contribution in [3.63, 3.8) is 0 Å². The molecule has 0 aliphatic carbocycles. The average Bonchev–Trinajstić information content (AvgIpc) is 3.68. The average molecular weight is 1100 g/mol. The number of halogens is 6. The molecule has 5 rings (SSSR count). The Hall–Kier alpha value is 1.22. The summed E-state index contributed by atoms with van der Waals surface area (Å²) in [4.78, 5) is 23.7. The van der Waals surface area contributed by atoms with Crippen LogP contribution in [0.15, 0.2) is 47.2 Å². The molecular formula is C34H76B3Cl6N16Ti3-3. The number of hydrogen-bond acceptors (Lipinski definition) is 14. The second-order valence-electron chi connectivity index (χ2n) is 16.5. The summed E-state index contributed by atoms with van der Waals surface area (Å²) in [5, 5.41) is 7.96. The van der Waals surface area contributed by atoms with Crippen molar-refractivity contribution in [1.29, 1.82) is 0 Å². The molecule has 0 aromatic heterocycles. The van der Waals surface area contributed by atoms with Crippen LogP contribution in [0.3, 0.4) is 0 Å². The van der Waals surface area contributed by atoms with Gasteiger partial charge in [-0.2, -0.15) is 21.1 Å². The van der Waals surface area contributed by atoms with Gasteiger partial charge in [0.15, 0.2) is 0 Å². The molecule has 358 valence electrons. The maximum absolute atomic E-state index is 5.67. The van der Waals surface area contributed by atoms with Crippen molar-refractivity contribution < 1.29 is 46.7 Å². The minimum atomic E-state index is -2.09. The fourth-order valence-electron chi connectivity index (χ4n) is 6.61. The van der Waals surface area contributed by atoms with E-state index in [1.165, 1.54) is 13.1 Å². The fourth-order valence-corrected chi connectivity index (χ4v) is 11.3. The molecule has 62 heavy (non-hydrogen) atoms. The predicted octanol–water partition coefficient (Wildman–Crippen LogP) is 6.17. The Morgan fingerprint density at radius 2 is 0.694 bits per heavy atom. The first-order valence-corrected chi connectivity index (χ1v) is 34.8. The summed E-state index contributed by atoms with van der Waals surface area (Å²) in [6, 6.07) is 0. The smallest absolute Gasteiger partial charge is 0.0428 e. The van der Waals surface area contributed by atoms with Gasteiger partial charge in [-0.15, -0.1) is 5.54 Å². The van der Waals surface area contributed by atoms with E-state index in [0.29, 0.717) is 5.54 Å². The van der Waals surface area contributed by atoms with Crippen LogP contribution >= 0.6 is 55.8 Å². The van der Waals surface area contributed by atoms with Gasteiger partial charge in [0.25, 0.3) is 0 Å². The van der Waals surface area contributed by atoms with Crippen molar-refractivity contribution >= 4 is 77.2 Å². The Labute approximate surface area is 421 Å². The molecule has 0 N–H and O–H groups in total. The number of rotatable bonds is 5. The third-order valence-corrected chi connectivity index (χ3v) is 14.6. The molecule has 0 saturated carbocycles. The summed E-state index contributed by atoms with van der Waals surface area (Å²) < 4.78 is 12.7. The van der Waals surface area contributed by atoms with Crippen LogP contribution in [-0.2, 0) is 46.7 Å². The minimum absolute atomic E-state index is 0. The van der Waals surface area contributed by atoms with Crippen molar-refractivity contribution in [2.75, 3.05) is 158 Å². The van der Waals surface area contributed by atoms with Gasteiger partial charge < -0.3 is 42.6 Å². The zero-order chi connectivity index (χ0) is 47.2. The van der Waals surface area contributed by atoms with Crippen LogP contribution in [0.2, 0.25) is 0 Å². The summed E-state index contributed by atoms with van der Waals surface area (Å²) in [6.07, 6.45) is 11.7. The summed E-state index contributed by atoms with van der Waals surface area (Å²) in [7, 11) is 64.3. The van der Waals surface area contributed by atoms with Gasteiger partial charge in [-0.3, -0.25) is 0 Å². The van der Waals surface area contributed by atoms with Gasteiger partial charge in [0, 0.05) is 44.8 Å². The van der Waals surface area contributed by atoms with Crippen LogP contribution in [0.1, 0.15) is 13.8 Å². The standard InChI is InChI=1S/C10H23N3.C9H20N3.3C4H8BN3.C2H6N.CH3.6ClH.3Ti/c1-10(11(2)3)8-12(4)6-7-13(5)9-10;1-9(10-2)7-11(3)5-6-12(4)8-9;3*1-7-3-4-8(2)5(7)6;1-3-2;;;;;;;;;;/h6-9H2,1-5H3;5-8H2,1-4H3;3*3-4H,1-2H3;1-2H3;1H3;6*1H;;;/q;-1;;;;2*-1;;;;;;;3*+2/p-6. The van der Waals surface area contributed by atoms with E-state index in [4.69, 9.17) is 55.8 Å². The normalized spacial score (nSPS) is 19.6. The molecule has 5 aliphatic heterocycles. The van der Waals surface area contributed by atoms with E-state index in [1.807, 2.05) is 115 Å². The minimum Gasteiger partial charge on any atom is -0.668 e. The van der Waals surface area contributed by atoms with Crippen molar-refractivity contribution in [3.05, 3.63) is 55.3 Å². The molecule has 0 aromatic carbocycles. The summed E-state index contributed by atoms with van der Waals surface area (Å²) >= 11 is -6.28. The zero-order valence-corrected chi connectivity index (χ0v) is 50.0. The fraction of sp³-hybridized carbons (Fsp3) is 0.794. The third kappa shape index (κ3) is 26.7. The Balaban J connectivity index is 0. The predicted molar refractivity (Wildman–Crippen MR) is 265 cm³/mol. The zero-order valence-electron chi connectivity index (χ0n) is 40.8. The van der Waals surface area contributed by atoms with Crippen LogP contribution in [0.5, 0.6) is 0 Å². The van der Waals surface area contributed by atoms with Crippen LogP contribution in [-0.4, -0.2) is 244 Å². The summed E-state index contributed by atoms with van der Waals surface area (Å²) in [5.74, 6) is 0. The van der Waals surface area contributed by atoms with Crippen molar-refractivity contribution in [2.45, 2.75) is 24.9 Å². The Bertz CT molecular complexity index is 1270. The van der Waals surface area contributed by atoms with E-state index in [2.05, 4.69) is 101 Å². The van der Waals surface area contributed by atoms with E-state index >= 15 is 0 Å². The first-order valence-electron chi connectivity index (χ1n) is 19.8. The molecule has 16 nitrogen and oxygen atoms in total. The monoisotopic (exact) mass is 1100 g/mol. The maximum atomic E-state index is 5.67. The Morgan fingerprint density at radius 3 is 0.871 bits per heavy atom. The van der Waals surface area contributed by atoms with E-state index in [9.17, 15) is 0 Å². The number of hydrogen-bond donors (Lipinski definition) is 0. The molecule has 0 unspecified atom stereocenters. The van der Waals surface area contributed by atoms with E-state index in [-0.39, 0.29) is 34.3 Å². The molecule has 0 spiro atoms. The molecule has 0 bridgehead atoms.